The van der Waals surface area contributed by atoms with E-state index in [0.717, 1.165) is 5.56 Å². The molecular formula is C13H10F2N2. The second-order valence-electron chi connectivity index (χ2n) is 3.66. The Morgan fingerprint density at radius 2 is 2.12 bits per heavy atom. The minimum Gasteiger partial charge on any atom is -0.399 e. The van der Waals surface area contributed by atoms with Gasteiger partial charge in [-0.2, -0.15) is 4.39 Å². The number of terminal acetylenes is 1. The van der Waals surface area contributed by atoms with Crippen molar-refractivity contribution in [3.8, 4) is 12.3 Å². The van der Waals surface area contributed by atoms with Crippen molar-refractivity contribution in [2.45, 2.75) is 13.3 Å². The van der Waals surface area contributed by atoms with Crippen LogP contribution in [0, 0.1) is 24.1 Å². The first-order valence-corrected chi connectivity index (χ1v) is 5.12. The first-order valence-electron chi connectivity index (χ1n) is 5.12. The SMILES string of the molecule is C#Cc1c(F)c(F)nc2cc(N)cc(CC)c12. The molecule has 2 N–H and O–H groups in total. The molecule has 0 fully saturated rings. The minimum atomic E-state index is -1.20. The Bertz CT molecular complexity index is 642. The van der Waals surface area contributed by atoms with Crippen LogP contribution < -0.4 is 5.73 Å². The maximum atomic E-state index is 13.5. The second-order valence-corrected chi connectivity index (χ2v) is 3.66. The molecule has 0 amide bonds. The van der Waals surface area contributed by atoms with Crippen LogP contribution in [0.1, 0.15) is 18.1 Å². The highest BCUT2D eigenvalue weighted by molar-refractivity contribution is 5.90. The lowest BCUT2D eigenvalue weighted by Gasteiger charge is -2.09. The van der Waals surface area contributed by atoms with E-state index in [9.17, 15) is 8.78 Å². The fourth-order valence-electron chi connectivity index (χ4n) is 1.87. The van der Waals surface area contributed by atoms with Gasteiger partial charge < -0.3 is 5.73 Å². The van der Waals surface area contributed by atoms with Crippen LogP contribution in [0.25, 0.3) is 10.9 Å². The summed E-state index contributed by atoms with van der Waals surface area (Å²) in [6.07, 6.45) is 5.85. The highest BCUT2D eigenvalue weighted by atomic mass is 19.2. The van der Waals surface area contributed by atoms with Crippen molar-refractivity contribution in [2.24, 2.45) is 0 Å². The van der Waals surface area contributed by atoms with Crippen molar-refractivity contribution in [2.75, 3.05) is 5.73 Å². The number of halogens is 2. The van der Waals surface area contributed by atoms with Crippen LogP contribution in [0.2, 0.25) is 0 Å². The van der Waals surface area contributed by atoms with Crippen molar-refractivity contribution in [3.63, 3.8) is 0 Å². The van der Waals surface area contributed by atoms with Gasteiger partial charge in [-0.1, -0.05) is 12.8 Å². The Morgan fingerprint density at radius 1 is 1.41 bits per heavy atom. The van der Waals surface area contributed by atoms with Crippen LogP contribution in [0.3, 0.4) is 0 Å². The molecule has 1 aromatic carbocycles. The predicted molar refractivity (Wildman–Crippen MR) is 63.4 cm³/mol. The topological polar surface area (TPSA) is 38.9 Å². The van der Waals surface area contributed by atoms with E-state index < -0.39 is 11.8 Å². The molecule has 1 aromatic heterocycles. The van der Waals surface area contributed by atoms with Crippen molar-refractivity contribution in [3.05, 3.63) is 35.0 Å². The number of nitrogens with zero attached hydrogens (tertiary/aromatic N) is 1. The minimum absolute atomic E-state index is 0.0932. The van der Waals surface area contributed by atoms with Crippen LogP contribution in [-0.4, -0.2) is 4.98 Å². The van der Waals surface area contributed by atoms with Gasteiger partial charge in [0.15, 0.2) is 5.82 Å². The van der Waals surface area contributed by atoms with Crippen molar-refractivity contribution in [1.29, 1.82) is 0 Å². The van der Waals surface area contributed by atoms with E-state index >= 15 is 0 Å². The highest BCUT2D eigenvalue weighted by Gasteiger charge is 2.16. The average Bonchev–Trinajstić information content (AvgIpc) is 2.30. The Kier molecular flexibility index (Phi) is 2.68. The fourth-order valence-corrected chi connectivity index (χ4v) is 1.87. The number of fused-ring (bicyclic) bond motifs is 1. The quantitative estimate of drug-likeness (QED) is 0.466. The predicted octanol–water partition coefficient (Wildman–Crippen LogP) is 2.64. The largest absolute Gasteiger partial charge is 0.399 e. The van der Waals surface area contributed by atoms with Crippen LogP contribution in [0.4, 0.5) is 14.5 Å². The fraction of sp³-hybridized carbons (Fsp3) is 0.154. The van der Waals surface area contributed by atoms with Crippen molar-refractivity contribution >= 4 is 16.6 Å². The van der Waals surface area contributed by atoms with Gasteiger partial charge in [0.25, 0.3) is 5.95 Å². The number of hydrogen-bond donors (Lipinski definition) is 1. The van der Waals surface area contributed by atoms with Gasteiger partial charge in [-0.3, -0.25) is 0 Å². The lowest BCUT2D eigenvalue weighted by molar-refractivity contribution is 0.482. The molecule has 4 heteroatoms. The van der Waals surface area contributed by atoms with Crippen molar-refractivity contribution in [1.82, 2.24) is 4.98 Å². The first kappa shape index (κ1) is 11.3. The lowest BCUT2D eigenvalue weighted by atomic mass is 10.0. The van der Waals surface area contributed by atoms with Crippen LogP contribution in [0.5, 0.6) is 0 Å². The Labute approximate surface area is 97.5 Å². The van der Waals surface area contributed by atoms with Gasteiger partial charge in [-0.25, -0.2) is 9.37 Å². The number of nitrogens with two attached hydrogens (primary N) is 1. The monoisotopic (exact) mass is 232 g/mol. The number of hydrogen-bond acceptors (Lipinski definition) is 2. The molecular weight excluding hydrogens is 222 g/mol. The molecule has 2 aromatic rings. The smallest absolute Gasteiger partial charge is 0.250 e. The van der Waals surface area contributed by atoms with E-state index in [2.05, 4.69) is 10.9 Å². The zero-order valence-corrected chi connectivity index (χ0v) is 9.22. The summed E-state index contributed by atoms with van der Waals surface area (Å²) in [6, 6.07) is 3.18. The third-order valence-electron chi connectivity index (χ3n) is 2.62. The number of aryl methyl sites for hydroxylation is 1. The molecule has 2 rings (SSSR count). The summed E-state index contributed by atoms with van der Waals surface area (Å²) < 4.78 is 26.8. The summed E-state index contributed by atoms with van der Waals surface area (Å²) in [7, 11) is 0. The van der Waals surface area contributed by atoms with Crippen LogP contribution in [0.15, 0.2) is 12.1 Å². The van der Waals surface area contributed by atoms with Crippen molar-refractivity contribution < 1.29 is 8.78 Å². The molecule has 0 aliphatic carbocycles. The average molecular weight is 232 g/mol. The lowest BCUT2D eigenvalue weighted by Crippen LogP contribution is -2.00. The summed E-state index contributed by atoms with van der Waals surface area (Å²) in [6.45, 7) is 1.88. The Morgan fingerprint density at radius 3 is 2.71 bits per heavy atom. The summed E-state index contributed by atoms with van der Waals surface area (Å²) in [5, 5.41) is 0.461. The number of aromatic nitrogens is 1. The standard InChI is InChI=1S/C13H10F2N2/c1-3-7-5-8(16)6-10-11(7)9(4-2)12(14)13(15)17-10/h2,5-6H,3,16H2,1H3. The summed E-state index contributed by atoms with van der Waals surface area (Å²) in [5.41, 5.74) is 7.08. The summed E-state index contributed by atoms with van der Waals surface area (Å²) in [5.74, 6) is -0.103. The zero-order chi connectivity index (χ0) is 12.6. The molecule has 0 unspecified atom stereocenters. The molecule has 0 saturated carbocycles. The Hall–Kier alpha value is -2.15. The van der Waals surface area contributed by atoms with Gasteiger partial charge in [-0.05, 0) is 24.1 Å². The van der Waals surface area contributed by atoms with E-state index in [4.69, 9.17) is 12.2 Å². The molecule has 0 radical (unpaired) electrons. The normalized spacial score (nSPS) is 10.5. The van der Waals surface area contributed by atoms with Gasteiger partial charge >= 0.3 is 0 Å². The molecule has 2 nitrogen and oxygen atoms in total. The number of pyridine rings is 1. The highest BCUT2D eigenvalue weighted by Crippen LogP contribution is 2.27. The van der Waals surface area contributed by atoms with Gasteiger partial charge in [0.2, 0.25) is 0 Å². The number of rotatable bonds is 1. The molecule has 1 heterocycles. The molecule has 17 heavy (non-hydrogen) atoms. The number of nitrogen functional groups attached to an aromatic ring is 1. The molecule has 0 bridgehead atoms. The number of anilines is 1. The maximum Gasteiger partial charge on any atom is 0.250 e. The van der Waals surface area contributed by atoms with Crippen LogP contribution in [-0.2, 0) is 6.42 Å². The molecule has 86 valence electrons. The molecule has 0 aliphatic rings. The first-order chi connectivity index (χ1) is 8.08. The number of benzene rings is 1. The third kappa shape index (κ3) is 1.70. The zero-order valence-electron chi connectivity index (χ0n) is 9.22. The van der Waals surface area contributed by atoms with Crippen LogP contribution >= 0.6 is 0 Å². The van der Waals surface area contributed by atoms with E-state index in [0.29, 0.717) is 17.5 Å². The molecule has 0 atom stereocenters. The van der Waals surface area contributed by atoms with Gasteiger partial charge in [0, 0.05) is 11.1 Å². The third-order valence-corrected chi connectivity index (χ3v) is 2.62. The molecule has 0 spiro atoms. The van der Waals surface area contributed by atoms with E-state index in [1.165, 1.54) is 6.07 Å². The van der Waals surface area contributed by atoms with E-state index in [-0.39, 0.29) is 11.1 Å². The summed E-state index contributed by atoms with van der Waals surface area (Å²) >= 11 is 0. The second kappa shape index (κ2) is 4.02. The van der Waals surface area contributed by atoms with Gasteiger partial charge in [0.1, 0.15) is 0 Å². The van der Waals surface area contributed by atoms with E-state index in [1.54, 1.807) is 6.07 Å². The van der Waals surface area contributed by atoms with E-state index in [1.807, 2.05) is 6.92 Å². The maximum absolute atomic E-state index is 13.5. The Balaban J connectivity index is 3.02. The molecule has 0 saturated heterocycles. The summed E-state index contributed by atoms with van der Waals surface area (Å²) in [4.78, 5) is 3.54. The van der Waals surface area contributed by atoms with Gasteiger partial charge in [-0.15, -0.1) is 6.42 Å². The molecule has 0 aliphatic heterocycles. The van der Waals surface area contributed by atoms with Gasteiger partial charge in [0.05, 0.1) is 11.1 Å².